The Bertz CT molecular complexity index is 942. The van der Waals surface area contributed by atoms with Gasteiger partial charge in [0.2, 0.25) is 15.0 Å². The molecule has 0 unspecified atom stereocenters. The van der Waals surface area contributed by atoms with Gasteiger partial charge in [0.25, 0.3) is 0 Å². The number of carbonyl (C=O) groups excluding carboxylic acids is 2. The van der Waals surface area contributed by atoms with Gasteiger partial charge in [-0.1, -0.05) is 29.3 Å². The normalized spacial score (nSPS) is 11.2. The maximum atomic E-state index is 12.3. The molecule has 2 rings (SSSR count). The lowest BCUT2D eigenvalue weighted by Gasteiger charge is -2.09. The van der Waals surface area contributed by atoms with Crippen LogP contribution in [0, 0.1) is 0 Å². The number of nitrogens with zero attached hydrogens (tertiary/aromatic N) is 1. The molecular formula is C16H16Cl2N2O6S2. The van der Waals surface area contributed by atoms with Crippen molar-refractivity contribution in [1.29, 1.82) is 0 Å². The van der Waals surface area contributed by atoms with Crippen molar-refractivity contribution in [2.45, 2.75) is 24.8 Å². The molecule has 0 aliphatic heterocycles. The fraction of sp³-hybridized carbons (Fsp3) is 0.312. The first-order chi connectivity index (χ1) is 13.2. The van der Waals surface area contributed by atoms with E-state index in [0.717, 1.165) is 11.3 Å². The highest BCUT2D eigenvalue weighted by atomic mass is 35.5. The van der Waals surface area contributed by atoms with E-state index in [-0.39, 0.29) is 46.1 Å². The molecule has 28 heavy (non-hydrogen) atoms. The smallest absolute Gasteiger partial charge is 0.367 e. The molecule has 0 fully saturated rings. The molecule has 1 heterocycles. The second kappa shape index (κ2) is 10.2. The zero-order valence-electron chi connectivity index (χ0n) is 14.6. The van der Waals surface area contributed by atoms with Crippen LogP contribution in [0.15, 0.2) is 28.5 Å². The lowest BCUT2D eigenvalue weighted by molar-refractivity contribution is -0.144. The minimum atomic E-state index is -3.98. The molecule has 8 nitrogen and oxygen atoms in total. The van der Waals surface area contributed by atoms with Crippen molar-refractivity contribution < 1.29 is 27.5 Å². The number of sulfonamides is 1. The summed E-state index contributed by atoms with van der Waals surface area (Å²) < 4.78 is 36.6. The van der Waals surface area contributed by atoms with Crippen LogP contribution < -0.4 is 4.72 Å². The van der Waals surface area contributed by atoms with Crippen molar-refractivity contribution in [3.63, 3.8) is 0 Å². The Morgan fingerprint density at radius 2 is 1.89 bits per heavy atom. The predicted molar refractivity (Wildman–Crippen MR) is 104 cm³/mol. The fourth-order valence-corrected chi connectivity index (χ4v) is 4.85. The van der Waals surface area contributed by atoms with Crippen LogP contribution in [0.1, 0.15) is 28.8 Å². The minimum absolute atomic E-state index is 0.0245. The van der Waals surface area contributed by atoms with Crippen LogP contribution in [0.5, 0.6) is 0 Å². The molecule has 1 aromatic heterocycles. The zero-order valence-corrected chi connectivity index (χ0v) is 17.8. The third-order valence-electron chi connectivity index (χ3n) is 3.19. The maximum absolute atomic E-state index is 12.3. The Morgan fingerprint density at radius 1 is 1.21 bits per heavy atom. The van der Waals surface area contributed by atoms with Gasteiger partial charge in [0.15, 0.2) is 0 Å². The van der Waals surface area contributed by atoms with Gasteiger partial charge >= 0.3 is 11.9 Å². The number of ether oxygens (including phenoxy) is 2. The number of nitrogens with one attached hydrogen (secondary N) is 1. The third kappa shape index (κ3) is 6.14. The number of benzene rings is 1. The zero-order chi connectivity index (χ0) is 20.7. The Morgan fingerprint density at radius 3 is 2.54 bits per heavy atom. The van der Waals surface area contributed by atoms with Crippen molar-refractivity contribution >= 4 is 56.5 Å². The molecule has 0 atom stereocenters. The van der Waals surface area contributed by atoms with E-state index in [1.54, 1.807) is 12.3 Å². The summed E-state index contributed by atoms with van der Waals surface area (Å²) in [6, 6.07) is 4.32. The van der Waals surface area contributed by atoms with Gasteiger partial charge in [0.05, 0.1) is 28.8 Å². The van der Waals surface area contributed by atoms with Crippen molar-refractivity contribution in [3.8, 4) is 0 Å². The van der Waals surface area contributed by atoms with Gasteiger partial charge < -0.3 is 9.47 Å². The molecule has 0 bridgehead atoms. The van der Waals surface area contributed by atoms with Crippen molar-refractivity contribution in [2.75, 3.05) is 13.2 Å². The van der Waals surface area contributed by atoms with E-state index in [2.05, 4.69) is 9.71 Å². The first kappa shape index (κ1) is 22.6. The molecule has 0 radical (unpaired) electrons. The monoisotopic (exact) mass is 466 g/mol. The van der Waals surface area contributed by atoms with Crippen molar-refractivity contribution in [1.82, 2.24) is 9.71 Å². The van der Waals surface area contributed by atoms with E-state index in [0.29, 0.717) is 5.69 Å². The second-order valence-electron chi connectivity index (χ2n) is 5.22. The van der Waals surface area contributed by atoms with Gasteiger partial charge in [0, 0.05) is 11.9 Å². The molecule has 0 spiro atoms. The average Bonchev–Trinajstić information content (AvgIpc) is 3.09. The highest BCUT2D eigenvalue weighted by Crippen LogP contribution is 2.28. The molecule has 0 saturated carbocycles. The van der Waals surface area contributed by atoms with E-state index in [1.165, 1.54) is 18.2 Å². The fourth-order valence-electron chi connectivity index (χ4n) is 1.99. The van der Waals surface area contributed by atoms with E-state index in [4.69, 9.17) is 32.7 Å². The van der Waals surface area contributed by atoms with Crippen LogP contribution in [0.3, 0.4) is 0 Å². The lowest BCUT2D eigenvalue weighted by Crippen LogP contribution is -2.27. The molecule has 0 aliphatic rings. The number of halogens is 2. The Balaban J connectivity index is 1.82. The molecule has 0 aliphatic carbocycles. The summed E-state index contributed by atoms with van der Waals surface area (Å²) >= 11 is 12.8. The lowest BCUT2D eigenvalue weighted by atomic mass is 10.4. The van der Waals surface area contributed by atoms with Crippen molar-refractivity contribution in [2.24, 2.45) is 0 Å². The molecule has 12 heteroatoms. The van der Waals surface area contributed by atoms with E-state index in [9.17, 15) is 18.0 Å². The summed E-state index contributed by atoms with van der Waals surface area (Å²) in [4.78, 5) is 27.1. The SMILES string of the molecule is CCOC(=O)c1nc(COC(=O)CCNS(=O)(=O)c2c(Cl)cccc2Cl)cs1. The van der Waals surface area contributed by atoms with Gasteiger partial charge in [-0.15, -0.1) is 11.3 Å². The van der Waals surface area contributed by atoms with E-state index < -0.39 is 22.0 Å². The van der Waals surface area contributed by atoms with Gasteiger partial charge in [-0.2, -0.15) is 0 Å². The average molecular weight is 467 g/mol. The number of aromatic nitrogens is 1. The largest absolute Gasteiger partial charge is 0.461 e. The highest BCUT2D eigenvalue weighted by molar-refractivity contribution is 7.89. The number of rotatable bonds is 9. The summed E-state index contributed by atoms with van der Waals surface area (Å²) in [5, 5.41) is 1.69. The van der Waals surface area contributed by atoms with Gasteiger partial charge in [-0.05, 0) is 19.1 Å². The molecule has 152 valence electrons. The van der Waals surface area contributed by atoms with Crippen LogP contribution >= 0.6 is 34.5 Å². The number of hydrogen-bond donors (Lipinski definition) is 1. The van der Waals surface area contributed by atoms with Gasteiger partial charge in [-0.25, -0.2) is 22.9 Å². The van der Waals surface area contributed by atoms with Gasteiger partial charge in [0.1, 0.15) is 11.5 Å². The number of esters is 2. The van der Waals surface area contributed by atoms with Crippen molar-refractivity contribution in [3.05, 3.63) is 44.3 Å². The second-order valence-corrected chi connectivity index (χ2v) is 8.60. The highest BCUT2D eigenvalue weighted by Gasteiger charge is 2.21. The van der Waals surface area contributed by atoms with Crippen LogP contribution in [-0.4, -0.2) is 38.5 Å². The van der Waals surface area contributed by atoms with Gasteiger partial charge in [-0.3, -0.25) is 4.79 Å². The first-order valence-corrected chi connectivity index (χ1v) is 11.1. The topological polar surface area (TPSA) is 112 Å². The van der Waals surface area contributed by atoms with Crippen LogP contribution in [-0.2, 0) is 30.9 Å². The van der Waals surface area contributed by atoms with Crippen LogP contribution in [0.25, 0.3) is 0 Å². The van der Waals surface area contributed by atoms with E-state index >= 15 is 0 Å². The molecule has 0 saturated heterocycles. The maximum Gasteiger partial charge on any atom is 0.367 e. The third-order valence-corrected chi connectivity index (χ3v) is 6.48. The Hall–Kier alpha value is -1.72. The van der Waals surface area contributed by atoms with Crippen LogP contribution in [0.4, 0.5) is 0 Å². The minimum Gasteiger partial charge on any atom is -0.461 e. The standard InChI is InChI=1S/C16H16Cl2N2O6S2/c1-2-25-16(22)15-20-10(9-27-15)8-26-13(21)6-7-19-28(23,24)14-11(17)4-3-5-12(14)18/h3-5,9,19H,2,6-8H2,1H3. The summed E-state index contributed by atoms with van der Waals surface area (Å²) in [5.41, 5.74) is 0.393. The molecular weight excluding hydrogens is 451 g/mol. The number of hydrogen-bond acceptors (Lipinski definition) is 8. The summed E-state index contributed by atoms with van der Waals surface area (Å²) in [6.07, 6.45) is -0.212. The number of carbonyl (C=O) groups is 2. The molecule has 0 amide bonds. The van der Waals surface area contributed by atoms with E-state index in [1.807, 2.05) is 0 Å². The first-order valence-electron chi connectivity index (χ1n) is 7.95. The molecule has 1 N–H and O–H groups in total. The summed E-state index contributed by atoms with van der Waals surface area (Å²) in [6.45, 7) is 1.58. The Kier molecular flexibility index (Phi) is 8.20. The number of thiazole rings is 1. The predicted octanol–water partition coefficient (Wildman–Crippen LogP) is 3.04. The molecule has 1 aromatic carbocycles. The quantitative estimate of drug-likeness (QED) is 0.565. The summed E-state index contributed by atoms with van der Waals surface area (Å²) in [7, 11) is -3.98. The van der Waals surface area contributed by atoms with Crippen LogP contribution in [0.2, 0.25) is 10.0 Å². The summed E-state index contributed by atoms with van der Waals surface area (Å²) in [5.74, 6) is -1.18. The Labute approximate surface area is 175 Å². The molecule has 2 aromatic rings.